The summed E-state index contributed by atoms with van der Waals surface area (Å²) >= 11 is 5.12. The number of fused-ring (bicyclic) bond motifs is 1. The van der Waals surface area contributed by atoms with E-state index in [0.717, 1.165) is 15.8 Å². The van der Waals surface area contributed by atoms with Gasteiger partial charge in [0, 0.05) is 14.9 Å². The van der Waals surface area contributed by atoms with Gasteiger partial charge in [-0.25, -0.2) is 0 Å². The summed E-state index contributed by atoms with van der Waals surface area (Å²) < 4.78 is 2.12. The molecule has 21 heavy (non-hydrogen) atoms. The topological polar surface area (TPSA) is 41.1 Å². The summed E-state index contributed by atoms with van der Waals surface area (Å²) in [5.41, 5.74) is 1.72. The fourth-order valence-electron chi connectivity index (χ4n) is 2.02. The van der Waals surface area contributed by atoms with Gasteiger partial charge in [-0.15, -0.1) is 11.3 Å². The van der Waals surface area contributed by atoms with E-state index in [1.54, 1.807) is 11.3 Å². The Morgan fingerprint density at radius 3 is 2.86 bits per heavy atom. The number of hydrogen-bond acceptors (Lipinski definition) is 3. The molecule has 0 spiro atoms. The van der Waals surface area contributed by atoms with Crippen molar-refractivity contribution in [1.29, 1.82) is 0 Å². The first-order valence-electron chi connectivity index (χ1n) is 6.48. The van der Waals surface area contributed by atoms with Crippen LogP contribution >= 0.6 is 27.3 Å². The van der Waals surface area contributed by atoms with Crippen LogP contribution in [-0.2, 0) is 4.79 Å². The standard InChI is InChI=1S/C16H13BrN2OS/c17-13-3-1-2-4-14(13)19-16(20)10-18-12-5-6-15-11(9-12)7-8-21-15/h1-9,18H,10H2,(H,19,20). The third-order valence-electron chi connectivity index (χ3n) is 3.05. The van der Waals surface area contributed by atoms with Crippen molar-refractivity contribution in [2.45, 2.75) is 0 Å². The van der Waals surface area contributed by atoms with Crippen LogP contribution in [0, 0.1) is 0 Å². The number of halogens is 1. The summed E-state index contributed by atoms with van der Waals surface area (Å²) in [7, 11) is 0. The van der Waals surface area contributed by atoms with Gasteiger partial charge in [0.15, 0.2) is 0 Å². The number of thiophene rings is 1. The molecule has 2 aromatic carbocycles. The molecule has 3 rings (SSSR count). The summed E-state index contributed by atoms with van der Waals surface area (Å²) in [6, 6.07) is 15.7. The fourth-order valence-corrected chi connectivity index (χ4v) is 3.17. The van der Waals surface area contributed by atoms with Crippen LogP contribution in [0.5, 0.6) is 0 Å². The first kappa shape index (κ1) is 14.1. The Morgan fingerprint density at radius 2 is 2.00 bits per heavy atom. The van der Waals surface area contributed by atoms with E-state index < -0.39 is 0 Å². The predicted molar refractivity (Wildman–Crippen MR) is 93.1 cm³/mol. The highest BCUT2D eigenvalue weighted by molar-refractivity contribution is 9.10. The number of benzene rings is 2. The molecule has 0 unspecified atom stereocenters. The Bertz CT molecular complexity index is 785. The monoisotopic (exact) mass is 360 g/mol. The second kappa shape index (κ2) is 6.28. The highest BCUT2D eigenvalue weighted by Crippen LogP contribution is 2.24. The zero-order valence-corrected chi connectivity index (χ0v) is 13.5. The number of nitrogens with one attached hydrogen (secondary N) is 2. The van der Waals surface area contributed by atoms with Gasteiger partial charge < -0.3 is 10.6 Å². The molecule has 2 N–H and O–H groups in total. The molecule has 0 saturated carbocycles. The first-order chi connectivity index (χ1) is 10.2. The van der Waals surface area contributed by atoms with Crippen LogP contribution in [0.1, 0.15) is 0 Å². The van der Waals surface area contributed by atoms with Crippen molar-refractivity contribution in [3.63, 3.8) is 0 Å². The molecule has 0 atom stereocenters. The van der Waals surface area contributed by atoms with Gasteiger partial charge in [-0.05, 0) is 63.1 Å². The van der Waals surface area contributed by atoms with E-state index in [0.29, 0.717) is 0 Å². The van der Waals surface area contributed by atoms with Crippen LogP contribution in [0.15, 0.2) is 58.4 Å². The van der Waals surface area contributed by atoms with E-state index in [4.69, 9.17) is 0 Å². The normalized spacial score (nSPS) is 10.5. The van der Waals surface area contributed by atoms with E-state index in [-0.39, 0.29) is 12.5 Å². The van der Waals surface area contributed by atoms with Gasteiger partial charge in [0.1, 0.15) is 0 Å². The van der Waals surface area contributed by atoms with Gasteiger partial charge in [-0.2, -0.15) is 0 Å². The Morgan fingerprint density at radius 1 is 1.14 bits per heavy atom. The highest BCUT2D eigenvalue weighted by Gasteiger charge is 2.05. The zero-order valence-electron chi connectivity index (χ0n) is 11.1. The van der Waals surface area contributed by atoms with Crippen LogP contribution in [0.4, 0.5) is 11.4 Å². The van der Waals surface area contributed by atoms with Gasteiger partial charge >= 0.3 is 0 Å². The molecule has 1 amide bonds. The molecular weight excluding hydrogens is 348 g/mol. The van der Waals surface area contributed by atoms with Gasteiger partial charge in [0.2, 0.25) is 5.91 Å². The second-order valence-electron chi connectivity index (χ2n) is 4.55. The Balaban J connectivity index is 1.61. The smallest absolute Gasteiger partial charge is 0.243 e. The van der Waals surface area contributed by atoms with Crippen molar-refractivity contribution in [2.75, 3.05) is 17.2 Å². The summed E-state index contributed by atoms with van der Waals surface area (Å²) in [4.78, 5) is 12.0. The van der Waals surface area contributed by atoms with E-state index in [1.807, 2.05) is 30.3 Å². The quantitative estimate of drug-likeness (QED) is 0.706. The largest absolute Gasteiger partial charge is 0.376 e. The van der Waals surface area contributed by atoms with Gasteiger partial charge in [0.05, 0.1) is 12.2 Å². The summed E-state index contributed by atoms with van der Waals surface area (Å²) in [6.07, 6.45) is 0. The molecule has 5 heteroatoms. The van der Waals surface area contributed by atoms with Crippen molar-refractivity contribution in [2.24, 2.45) is 0 Å². The lowest BCUT2D eigenvalue weighted by molar-refractivity contribution is -0.114. The number of carbonyl (C=O) groups excluding carboxylic acids is 1. The minimum Gasteiger partial charge on any atom is -0.376 e. The minimum atomic E-state index is -0.0766. The second-order valence-corrected chi connectivity index (χ2v) is 6.36. The molecule has 0 saturated heterocycles. The average Bonchev–Trinajstić information content (AvgIpc) is 2.95. The van der Waals surface area contributed by atoms with Crippen molar-refractivity contribution in [3.8, 4) is 0 Å². The third kappa shape index (κ3) is 3.43. The molecule has 0 aliphatic rings. The number of carbonyl (C=O) groups is 1. The van der Waals surface area contributed by atoms with Crippen molar-refractivity contribution in [1.82, 2.24) is 0 Å². The van der Waals surface area contributed by atoms with Crippen LogP contribution < -0.4 is 10.6 Å². The number of rotatable bonds is 4. The molecule has 3 nitrogen and oxygen atoms in total. The number of anilines is 2. The maximum absolute atomic E-state index is 12.0. The molecule has 1 aromatic heterocycles. The van der Waals surface area contributed by atoms with E-state index >= 15 is 0 Å². The summed E-state index contributed by atoms with van der Waals surface area (Å²) in [5, 5.41) is 9.26. The Kier molecular flexibility index (Phi) is 4.22. The molecule has 0 fully saturated rings. The number of hydrogen-bond donors (Lipinski definition) is 2. The lowest BCUT2D eigenvalue weighted by Crippen LogP contribution is -2.21. The van der Waals surface area contributed by atoms with Crippen molar-refractivity contribution >= 4 is 54.6 Å². The maximum atomic E-state index is 12.0. The molecule has 1 heterocycles. The number of para-hydroxylation sites is 1. The molecule has 0 aliphatic heterocycles. The summed E-state index contributed by atoms with van der Waals surface area (Å²) in [6.45, 7) is 0.233. The highest BCUT2D eigenvalue weighted by atomic mass is 79.9. The van der Waals surface area contributed by atoms with Crippen LogP contribution in [0.2, 0.25) is 0 Å². The van der Waals surface area contributed by atoms with Gasteiger partial charge in [0.25, 0.3) is 0 Å². The molecule has 106 valence electrons. The average molecular weight is 361 g/mol. The van der Waals surface area contributed by atoms with Crippen LogP contribution in [-0.4, -0.2) is 12.5 Å². The van der Waals surface area contributed by atoms with E-state index in [1.165, 1.54) is 10.1 Å². The summed E-state index contributed by atoms with van der Waals surface area (Å²) in [5.74, 6) is -0.0766. The van der Waals surface area contributed by atoms with Gasteiger partial charge in [-0.3, -0.25) is 4.79 Å². The third-order valence-corrected chi connectivity index (χ3v) is 4.64. The molecular formula is C16H13BrN2OS. The first-order valence-corrected chi connectivity index (χ1v) is 8.15. The lowest BCUT2D eigenvalue weighted by atomic mass is 10.2. The molecule has 3 aromatic rings. The van der Waals surface area contributed by atoms with E-state index in [2.05, 4.69) is 50.1 Å². The van der Waals surface area contributed by atoms with Crippen LogP contribution in [0.3, 0.4) is 0 Å². The van der Waals surface area contributed by atoms with Gasteiger partial charge in [-0.1, -0.05) is 12.1 Å². The Labute approximate surface area is 135 Å². The molecule has 0 bridgehead atoms. The molecule has 0 aliphatic carbocycles. The van der Waals surface area contributed by atoms with Crippen molar-refractivity contribution < 1.29 is 4.79 Å². The van der Waals surface area contributed by atoms with Crippen molar-refractivity contribution in [3.05, 3.63) is 58.4 Å². The predicted octanol–water partition coefficient (Wildman–Crippen LogP) is 4.71. The number of amides is 1. The molecule has 0 radical (unpaired) electrons. The maximum Gasteiger partial charge on any atom is 0.243 e. The lowest BCUT2D eigenvalue weighted by Gasteiger charge is -2.09. The fraction of sp³-hybridized carbons (Fsp3) is 0.0625. The van der Waals surface area contributed by atoms with E-state index in [9.17, 15) is 4.79 Å². The zero-order chi connectivity index (χ0) is 14.7. The minimum absolute atomic E-state index is 0.0766. The van der Waals surface area contributed by atoms with Crippen LogP contribution in [0.25, 0.3) is 10.1 Å². The Hall–Kier alpha value is -1.85. The SMILES string of the molecule is O=C(CNc1ccc2sccc2c1)Nc1ccccc1Br.